The first-order chi connectivity index (χ1) is 11.7. The number of nitrogens with one attached hydrogen (secondary N) is 2. The van der Waals surface area contributed by atoms with Crippen molar-refractivity contribution >= 4 is 47.0 Å². The predicted molar refractivity (Wildman–Crippen MR) is 108 cm³/mol. The molecule has 9 heteroatoms. The number of halogens is 3. The van der Waals surface area contributed by atoms with Gasteiger partial charge in [0.1, 0.15) is 22.3 Å². The van der Waals surface area contributed by atoms with Gasteiger partial charge in [0.05, 0.1) is 6.54 Å². The SMILES string of the molecule is CN=C(NCc1nccs1)NC1CCN(c2c(F)cccc2F)C1.I. The number of nitrogens with zero attached hydrogens (tertiary/aromatic N) is 3. The molecule has 1 aromatic carbocycles. The highest BCUT2D eigenvalue weighted by Gasteiger charge is 2.27. The van der Waals surface area contributed by atoms with Crippen LogP contribution in [0.5, 0.6) is 0 Å². The summed E-state index contributed by atoms with van der Waals surface area (Å²) >= 11 is 1.57. The van der Waals surface area contributed by atoms with Gasteiger partial charge in [-0.25, -0.2) is 13.8 Å². The van der Waals surface area contributed by atoms with E-state index in [9.17, 15) is 8.78 Å². The average molecular weight is 479 g/mol. The maximum absolute atomic E-state index is 13.9. The van der Waals surface area contributed by atoms with Gasteiger partial charge in [-0.1, -0.05) is 6.07 Å². The molecule has 1 unspecified atom stereocenters. The van der Waals surface area contributed by atoms with Gasteiger partial charge in [0.15, 0.2) is 5.96 Å². The minimum atomic E-state index is -0.526. The first kappa shape index (κ1) is 19.8. The van der Waals surface area contributed by atoms with Crippen LogP contribution in [0.4, 0.5) is 14.5 Å². The molecule has 1 aromatic heterocycles. The van der Waals surface area contributed by atoms with Crippen molar-refractivity contribution in [3.8, 4) is 0 Å². The number of rotatable bonds is 4. The predicted octanol–water partition coefficient (Wildman–Crippen LogP) is 2.98. The molecule has 2 aromatic rings. The van der Waals surface area contributed by atoms with E-state index < -0.39 is 11.6 Å². The van der Waals surface area contributed by atoms with Gasteiger partial charge in [-0.05, 0) is 18.6 Å². The summed E-state index contributed by atoms with van der Waals surface area (Å²) in [4.78, 5) is 10.1. The minimum Gasteiger partial charge on any atom is -0.365 e. The van der Waals surface area contributed by atoms with Crippen LogP contribution in [0.3, 0.4) is 0 Å². The standard InChI is InChI=1S/C16H19F2N5S.HI/c1-19-16(21-9-14-20-6-8-24-14)22-11-5-7-23(10-11)15-12(17)3-2-4-13(15)18;/h2-4,6,8,11H,5,7,9-10H2,1H3,(H2,19,21,22);1H. The zero-order valence-corrected chi connectivity index (χ0v) is 16.9. The lowest BCUT2D eigenvalue weighted by atomic mass is 10.2. The fourth-order valence-corrected chi connectivity index (χ4v) is 3.32. The topological polar surface area (TPSA) is 52.6 Å². The second-order valence-corrected chi connectivity index (χ2v) is 6.48. The van der Waals surface area contributed by atoms with E-state index in [1.807, 2.05) is 5.38 Å². The van der Waals surface area contributed by atoms with E-state index in [2.05, 4.69) is 20.6 Å². The highest BCUT2D eigenvalue weighted by molar-refractivity contribution is 14.0. The lowest BCUT2D eigenvalue weighted by Crippen LogP contribution is -2.44. The number of aliphatic imine (C=N–C) groups is 1. The Morgan fingerprint density at radius 3 is 2.80 bits per heavy atom. The van der Waals surface area contributed by atoms with E-state index in [4.69, 9.17) is 0 Å². The molecule has 3 rings (SSSR count). The molecule has 0 bridgehead atoms. The van der Waals surface area contributed by atoms with Crippen molar-refractivity contribution in [1.82, 2.24) is 15.6 Å². The zero-order chi connectivity index (χ0) is 16.9. The molecular weight excluding hydrogens is 459 g/mol. The van der Waals surface area contributed by atoms with Gasteiger partial charge in [0.2, 0.25) is 0 Å². The minimum absolute atomic E-state index is 0. The molecule has 0 aliphatic carbocycles. The summed E-state index contributed by atoms with van der Waals surface area (Å²) in [7, 11) is 1.69. The van der Waals surface area contributed by atoms with Gasteiger partial charge in [0, 0.05) is 37.8 Å². The fourth-order valence-electron chi connectivity index (χ4n) is 2.76. The summed E-state index contributed by atoms with van der Waals surface area (Å²) in [6.45, 7) is 1.71. The number of para-hydroxylation sites is 1. The van der Waals surface area contributed by atoms with Crippen LogP contribution in [0.25, 0.3) is 0 Å². The van der Waals surface area contributed by atoms with Crippen molar-refractivity contribution in [3.05, 3.63) is 46.4 Å². The number of thiazole rings is 1. The van der Waals surface area contributed by atoms with E-state index in [0.29, 0.717) is 25.6 Å². The van der Waals surface area contributed by atoms with Crippen molar-refractivity contribution < 1.29 is 8.78 Å². The Kier molecular flexibility index (Phi) is 7.36. The van der Waals surface area contributed by atoms with Gasteiger partial charge in [-0.15, -0.1) is 35.3 Å². The second kappa shape index (κ2) is 9.27. The van der Waals surface area contributed by atoms with Crippen LogP contribution in [0.1, 0.15) is 11.4 Å². The van der Waals surface area contributed by atoms with Gasteiger partial charge in [0.25, 0.3) is 0 Å². The molecule has 1 atom stereocenters. The highest BCUT2D eigenvalue weighted by atomic mass is 127. The molecule has 0 amide bonds. The normalized spacial score (nSPS) is 17.3. The Hall–Kier alpha value is -1.49. The molecule has 1 fully saturated rings. The van der Waals surface area contributed by atoms with Gasteiger partial charge >= 0.3 is 0 Å². The zero-order valence-electron chi connectivity index (χ0n) is 13.7. The van der Waals surface area contributed by atoms with Gasteiger partial charge in [-0.3, -0.25) is 4.99 Å². The number of hydrogen-bond donors (Lipinski definition) is 2. The Morgan fingerprint density at radius 1 is 1.40 bits per heavy atom. The van der Waals surface area contributed by atoms with E-state index in [1.54, 1.807) is 29.5 Å². The molecule has 2 N–H and O–H groups in total. The quantitative estimate of drug-likeness (QED) is 0.403. The maximum Gasteiger partial charge on any atom is 0.191 e. The Morgan fingerprint density at radius 2 is 2.16 bits per heavy atom. The summed E-state index contributed by atoms with van der Waals surface area (Å²) < 4.78 is 27.8. The van der Waals surface area contributed by atoms with Crippen LogP contribution < -0.4 is 15.5 Å². The molecule has 1 saturated heterocycles. The summed E-state index contributed by atoms with van der Waals surface area (Å²) in [5, 5.41) is 9.39. The Bertz CT molecular complexity index is 690. The van der Waals surface area contributed by atoms with Crippen LogP contribution >= 0.6 is 35.3 Å². The Balaban J connectivity index is 0.00000225. The number of aromatic nitrogens is 1. The molecule has 0 radical (unpaired) electrons. The van der Waals surface area contributed by atoms with Crippen LogP contribution in [-0.2, 0) is 6.54 Å². The average Bonchev–Trinajstić information content (AvgIpc) is 3.23. The van der Waals surface area contributed by atoms with E-state index in [0.717, 1.165) is 11.4 Å². The summed E-state index contributed by atoms with van der Waals surface area (Å²) in [5.74, 6) is -0.394. The fraction of sp³-hybridized carbons (Fsp3) is 0.375. The van der Waals surface area contributed by atoms with E-state index in [1.165, 1.54) is 18.2 Å². The highest BCUT2D eigenvalue weighted by Crippen LogP contribution is 2.26. The smallest absolute Gasteiger partial charge is 0.191 e. The molecule has 0 spiro atoms. The molecule has 5 nitrogen and oxygen atoms in total. The van der Waals surface area contributed by atoms with Gasteiger partial charge < -0.3 is 15.5 Å². The number of guanidine groups is 1. The largest absolute Gasteiger partial charge is 0.365 e. The Labute approximate surface area is 166 Å². The van der Waals surface area contributed by atoms with Crippen molar-refractivity contribution in [1.29, 1.82) is 0 Å². The van der Waals surface area contributed by atoms with Crippen molar-refractivity contribution in [2.24, 2.45) is 4.99 Å². The number of anilines is 1. The molecule has 0 saturated carbocycles. The molecule has 1 aliphatic rings. The summed E-state index contributed by atoms with van der Waals surface area (Å²) in [6.07, 6.45) is 2.54. The lowest BCUT2D eigenvalue weighted by Gasteiger charge is -2.21. The summed E-state index contributed by atoms with van der Waals surface area (Å²) in [6, 6.07) is 4.03. The molecular formula is C16H20F2IN5S. The van der Waals surface area contributed by atoms with Crippen LogP contribution in [0.15, 0.2) is 34.8 Å². The monoisotopic (exact) mass is 479 g/mol. The molecule has 2 heterocycles. The van der Waals surface area contributed by atoms with Crippen molar-refractivity contribution in [2.45, 2.75) is 19.0 Å². The molecule has 136 valence electrons. The van der Waals surface area contributed by atoms with Gasteiger partial charge in [-0.2, -0.15) is 0 Å². The number of hydrogen-bond acceptors (Lipinski definition) is 4. The molecule has 25 heavy (non-hydrogen) atoms. The maximum atomic E-state index is 13.9. The van der Waals surface area contributed by atoms with Crippen LogP contribution in [0.2, 0.25) is 0 Å². The lowest BCUT2D eigenvalue weighted by molar-refractivity contribution is 0.576. The van der Waals surface area contributed by atoms with E-state index in [-0.39, 0.29) is 35.7 Å². The molecule has 1 aliphatic heterocycles. The third-order valence-corrected chi connectivity index (χ3v) is 4.68. The first-order valence-corrected chi connectivity index (χ1v) is 8.60. The number of benzene rings is 1. The second-order valence-electron chi connectivity index (χ2n) is 5.50. The van der Waals surface area contributed by atoms with Crippen molar-refractivity contribution in [3.63, 3.8) is 0 Å². The van der Waals surface area contributed by atoms with Crippen LogP contribution in [0, 0.1) is 11.6 Å². The van der Waals surface area contributed by atoms with E-state index >= 15 is 0 Å². The third kappa shape index (κ3) is 5.00. The van der Waals surface area contributed by atoms with Crippen LogP contribution in [-0.4, -0.2) is 37.1 Å². The third-order valence-electron chi connectivity index (χ3n) is 3.90. The first-order valence-electron chi connectivity index (χ1n) is 7.72. The summed E-state index contributed by atoms with van der Waals surface area (Å²) in [5.41, 5.74) is 0.0486. The van der Waals surface area contributed by atoms with Crippen molar-refractivity contribution in [2.75, 3.05) is 25.0 Å².